The van der Waals surface area contributed by atoms with Crippen molar-refractivity contribution in [3.8, 4) is 0 Å². The van der Waals surface area contributed by atoms with E-state index in [0.717, 1.165) is 69.5 Å². The number of benzene rings is 1. The van der Waals surface area contributed by atoms with E-state index in [1.165, 1.54) is 11.1 Å². The fourth-order valence-corrected chi connectivity index (χ4v) is 4.90. The van der Waals surface area contributed by atoms with Gasteiger partial charge in [0.2, 0.25) is 0 Å². The summed E-state index contributed by atoms with van der Waals surface area (Å²) in [5, 5.41) is 0.812. The van der Waals surface area contributed by atoms with Gasteiger partial charge in [0.05, 0.1) is 18.5 Å². The summed E-state index contributed by atoms with van der Waals surface area (Å²) in [6, 6.07) is 6.18. The number of aryl methyl sites for hydroxylation is 1. The van der Waals surface area contributed by atoms with Crippen LogP contribution >= 0.6 is 7.60 Å². The van der Waals surface area contributed by atoms with Gasteiger partial charge in [0.15, 0.2) is 0 Å². The molecule has 0 aliphatic carbocycles. The molecule has 0 spiro atoms. The molecule has 150 valence electrons. The molecule has 0 amide bonds. The van der Waals surface area contributed by atoms with Gasteiger partial charge in [-0.1, -0.05) is 65.5 Å². The number of rotatable bonds is 15. The maximum Gasteiger partial charge on any atom is 0.361 e. The Morgan fingerprint density at radius 2 is 1.31 bits per heavy atom. The highest BCUT2D eigenvalue weighted by Gasteiger charge is 2.31. The Kier molecular flexibility index (Phi) is 12.2. The van der Waals surface area contributed by atoms with Gasteiger partial charge in [-0.3, -0.25) is 4.57 Å². The van der Waals surface area contributed by atoms with Gasteiger partial charge in [-0.15, -0.1) is 0 Å². The zero-order chi connectivity index (χ0) is 19.3. The van der Waals surface area contributed by atoms with Crippen LogP contribution in [0, 0.1) is 0 Å². The zero-order valence-electron chi connectivity index (χ0n) is 17.4. The fraction of sp³-hybridized carbons (Fsp3) is 0.727. The van der Waals surface area contributed by atoms with E-state index in [-0.39, 0.29) is 0 Å². The van der Waals surface area contributed by atoms with Crippen LogP contribution in [0.5, 0.6) is 0 Å². The molecule has 0 fully saturated rings. The van der Waals surface area contributed by atoms with Crippen LogP contribution in [-0.2, 0) is 26.5 Å². The molecule has 0 unspecified atom stereocenters. The van der Waals surface area contributed by atoms with E-state index in [1.54, 1.807) is 0 Å². The SMILES string of the molecule is CCCCOP(=O)(OCCCC)c1cccc(CCCC)c1CCCC. The molecule has 3 nitrogen and oxygen atoms in total. The Bertz CT molecular complexity index is 528. The quantitative estimate of drug-likeness (QED) is 0.246. The predicted molar refractivity (Wildman–Crippen MR) is 113 cm³/mol. The predicted octanol–water partition coefficient (Wildman–Crippen LogP) is 6.82. The van der Waals surface area contributed by atoms with E-state index in [9.17, 15) is 4.57 Å². The highest BCUT2D eigenvalue weighted by Crippen LogP contribution is 2.49. The van der Waals surface area contributed by atoms with Gasteiger partial charge in [0, 0.05) is 0 Å². The van der Waals surface area contributed by atoms with Crippen LogP contribution in [0.1, 0.15) is 90.2 Å². The monoisotopic (exact) mass is 382 g/mol. The number of hydrogen-bond acceptors (Lipinski definition) is 3. The first kappa shape index (κ1) is 23.4. The van der Waals surface area contributed by atoms with Crippen molar-refractivity contribution in [3.05, 3.63) is 29.3 Å². The normalized spacial score (nSPS) is 11.8. The molecule has 0 saturated heterocycles. The van der Waals surface area contributed by atoms with E-state index in [4.69, 9.17) is 9.05 Å². The summed E-state index contributed by atoms with van der Waals surface area (Å²) in [7, 11) is -3.27. The van der Waals surface area contributed by atoms with Gasteiger partial charge < -0.3 is 9.05 Å². The maximum absolute atomic E-state index is 13.7. The van der Waals surface area contributed by atoms with E-state index in [0.29, 0.717) is 13.2 Å². The van der Waals surface area contributed by atoms with Crippen LogP contribution in [0.4, 0.5) is 0 Å². The molecule has 0 bridgehead atoms. The molecule has 1 aromatic rings. The fourth-order valence-electron chi connectivity index (χ4n) is 2.96. The van der Waals surface area contributed by atoms with Crippen molar-refractivity contribution in [2.24, 2.45) is 0 Å². The molecule has 1 rings (SSSR count). The van der Waals surface area contributed by atoms with Gasteiger partial charge in [0.1, 0.15) is 0 Å². The molecule has 1 aromatic carbocycles. The van der Waals surface area contributed by atoms with Crippen LogP contribution in [0.3, 0.4) is 0 Å². The van der Waals surface area contributed by atoms with Crippen LogP contribution in [0.2, 0.25) is 0 Å². The Morgan fingerprint density at radius 3 is 1.85 bits per heavy atom. The zero-order valence-corrected chi connectivity index (χ0v) is 18.3. The molecule has 26 heavy (non-hydrogen) atoms. The lowest BCUT2D eigenvalue weighted by Crippen LogP contribution is -2.18. The number of hydrogen-bond donors (Lipinski definition) is 0. The third kappa shape index (κ3) is 7.55. The molecule has 0 N–H and O–H groups in total. The molecule has 0 atom stereocenters. The first-order valence-corrected chi connectivity index (χ1v) is 12.2. The largest absolute Gasteiger partial charge is 0.361 e. The Labute approximate surface area is 161 Å². The third-order valence-corrected chi connectivity index (χ3v) is 6.70. The minimum absolute atomic E-state index is 0.492. The lowest BCUT2D eigenvalue weighted by Gasteiger charge is -2.23. The van der Waals surface area contributed by atoms with E-state index in [1.807, 2.05) is 12.1 Å². The van der Waals surface area contributed by atoms with E-state index in [2.05, 4.69) is 33.8 Å². The second kappa shape index (κ2) is 13.5. The van der Waals surface area contributed by atoms with Gasteiger partial charge in [-0.2, -0.15) is 0 Å². The molecule has 4 heteroatoms. The Hall–Kier alpha value is -0.630. The lowest BCUT2D eigenvalue weighted by atomic mass is 9.98. The van der Waals surface area contributed by atoms with Crippen LogP contribution < -0.4 is 5.30 Å². The Morgan fingerprint density at radius 1 is 0.769 bits per heavy atom. The molecule has 0 radical (unpaired) electrons. The molecular weight excluding hydrogens is 343 g/mol. The topological polar surface area (TPSA) is 35.5 Å². The standard InChI is InChI=1S/C22H39O3P/c1-5-9-14-20-15-13-17-22(21(20)16-10-6-2)26(23,24-18-11-7-3)25-19-12-8-4/h13,15,17H,5-12,14,16,18-19H2,1-4H3. The first-order chi connectivity index (χ1) is 12.6. The van der Waals surface area contributed by atoms with Crippen molar-refractivity contribution in [1.29, 1.82) is 0 Å². The summed E-state index contributed by atoms with van der Waals surface area (Å²) in [6.07, 6.45) is 10.4. The highest BCUT2D eigenvalue weighted by atomic mass is 31.2. The maximum atomic E-state index is 13.7. The highest BCUT2D eigenvalue weighted by molar-refractivity contribution is 7.62. The molecule has 0 aliphatic heterocycles. The van der Waals surface area contributed by atoms with E-state index < -0.39 is 7.60 Å². The second-order valence-corrected chi connectivity index (χ2v) is 8.99. The molecule has 0 saturated carbocycles. The van der Waals surface area contributed by atoms with Crippen molar-refractivity contribution < 1.29 is 13.6 Å². The van der Waals surface area contributed by atoms with Crippen molar-refractivity contribution in [2.75, 3.05) is 13.2 Å². The molecule has 0 aliphatic rings. The summed E-state index contributed by atoms with van der Waals surface area (Å²) in [6.45, 7) is 9.62. The first-order valence-electron chi connectivity index (χ1n) is 10.6. The second-order valence-electron chi connectivity index (χ2n) is 6.99. The number of unbranched alkanes of at least 4 members (excludes halogenated alkanes) is 4. The van der Waals surface area contributed by atoms with Crippen LogP contribution in [-0.4, -0.2) is 13.2 Å². The van der Waals surface area contributed by atoms with Crippen molar-refractivity contribution in [2.45, 2.75) is 91.9 Å². The summed E-state index contributed by atoms with van der Waals surface area (Å²) in [5.74, 6) is 0. The summed E-state index contributed by atoms with van der Waals surface area (Å²) < 4.78 is 25.6. The van der Waals surface area contributed by atoms with Crippen molar-refractivity contribution >= 4 is 12.9 Å². The smallest absolute Gasteiger partial charge is 0.305 e. The lowest BCUT2D eigenvalue weighted by molar-refractivity contribution is 0.208. The molecule has 0 heterocycles. The van der Waals surface area contributed by atoms with Crippen molar-refractivity contribution in [1.82, 2.24) is 0 Å². The average molecular weight is 383 g/mol. The minimum Gasteiger partial charge on any atom is -0.305 e. The van der Waals surface area contributed by atoms with Crippen molar-refractivity contribution in [3.63, 3.8) is 0 Å². The summed E-state index contributed by atoms with van der Waals surface area (Å²) in [4.78, 5) is 0. The average Bonchev–Trinajstić information content (AvgIpc) is 2.65. The minimum atomic E-state index is -3.27. The summed E-state index contributed by atoms with van der Waals surface area (Å²) >= 11 is 0. The Balaban J connectivity index is 3.20. The van der Waals surface area contributed by atoms with Gasteiger partial charge in [-0.25, -0.2) is 0 Å². The molecule has 0 aromatic heterocycles. The van der Waals surface area contributed by atoms with E-state index >= 15 is 0 Å². The van der Waals surface area contributed by atoms with Gasteiger partial charge >= 0.3 is 7.60 Å². The van der Waals surface area contributed by atoms with Crippen LogP contribution in [0.25, 0.3) is 0 Å². The van der Waals surface area contributed by atoms with Gasteiger partial charge in [0.25, 0.3) is 0 Å². The summed E-state index contributed by atoms with van der Waals surface area (Å²) in [5.41, 5.74) is 2.52. The molecular formula is C22H39O3P. The third-order valence-electron chi connectivity index (χ3n) is 4.64. The van der Waals surface area contributed by atoms with Gasteiger partial charge in [-0.05, 0) is 55.7 Å². The van der Waals surface area contributed by atoms with Crippen LogP contribution in [0.15, 0.2) is 18.2 Å².